The molecule has 94 valence electrons. The summed E-state index contributed by atoms with van der Waals surface area (Å²) in [6, 6.07) is 7.21. The van der Waals surface area contributed by atoms with Crippen molar-refractivity contribution in [2.45, 2.75) is 19.9 Å². The Bertz CT molecular complexity index is 563. The fraction of sp³-hybridized carbons (Fsp3) is 0.250. The minimum atomic E-state index is -0.842. The van der Waals surface area contributed by atoms with Crippen LogP contribution in [0.4, 0.5) is 0 Å². The van der Waals surface area contributed by atoms with Gasteiger partial charge in [0.25, 0.3) is 0 Å². The highest BCUT2D eigenvalue weighted by atomic mass is 35.5. The summed E-state index contributed by atoms with van der Waals surface area (Å²) in [5.74, 6) is 0.511. The lowest BCUT2D eigenvalue weighted by molar-refractivity contribution is -0.137. The molecule has 0 amide bonds. The van der Waals surface area contributed by atoms with Gasteiger partial charge in [-0.15, -0.1) is 10.2 Å². The third kappa shape index (κ3) is 2.68. The number of nitrogens with zero attached hydrogens (tertiary/aromatic N) is 3. The lowest BCUT2D eigenvalue weighted by Gasteiger charge is -2.07. The van der Waals surface area contributed by atoms with E-state index in [9.17, 15) is 4.79 Å². The van der Waals surface area contributed by atoms with Gasteiger partial charge in [0.2, 0.25) is 0 Å². The molecule has 0 aliphatic heterocycles. The molecule has 0 spiro atoms. The highest BCUT2D eigenvalue weighted by Crippen LogP contribution is 2.20. The van der Waals surface area contributed by atoms with Crippen LogP contribution in [0.1, 0.15) is 12.2 Å². The summed E-state index contributed by atoms with van der Waals surface area (Å²) >= 11 is 5.83. The molecule has 2 rings (SSSR count). The third-order valence-electron chi connectivity index (χ3n) is 2.59. The van der Waals surface area contributed by atoms with E-state index >= 15 is 0 Å². The molecular weight excluding hydrogens is 254 g/mol. The van der Waals surface area contributed by atoms with Gasteiger partial charge in [-0.2, -0.15) is 0 Å². The average Bonchev–Trinajstić information content (AvgIpc) is 2.69. The van der Waals surface area contributed by atoms with Crippen LogP contribution in [0.5, 0.6) is 0 Å². The number of carbonyl (C=O) groups is 1. The van der Waals surface area contributed by atoms with Crippen LogP contribution in [0.3, 0.4) is 0 Å². The SMILES string of the molecule is Cc1nnc(-c2ccc(Cl)cc2)n1CCC(=O)O. The molecule has 1 aromatic carbocycles. The number of carboxylic acids is 1. The summed E-state index contributed by atoms with van der Waals surface area (Å²) in [6.45, 7) is 2.15. The first kappa shape index (κ1) is 12.6. The van der Waals surface area contributed by atoms with Crippen LogP contribution in [-0.2, 0) is 11.3 Å². The van der Waals surface area contributed by atoms with Gasteiger partial charge >= 0.3 is 5.97 Å². The van der Waals surface area contributed by atoms with Crippen LogP contribution in [0.15, 0.2) is 24.3 Å². The number of aliphatic carboxylic acids is 1. The highest BCUT2D eigenvalue weighted by molar-refractivity contribution is 6.30. The van der Waals surface area contributed by atoms with Crippen molar-refractivity contribution in [2.24, 2.45) is 0 Å². The Morgan fingerprint density at radius 3 is 2.61 bits per heavy atom. The topological polar surface area (TPSA) is 68.0 Å². The number of halogens is 1. The summed E-state index contributed by atoms with van der Waals surface area (Å²) in [5.41, 5.74) is 0.866. The van der Waals surface area contributed by atoms with E-state index in [0.717, 1.165) is 5.56 Å². The number of carboxylic acid groups (broad SMARTS) is 1. The Kier molecular flexibility index (Phi) is 3.62. The Balaban J connectivity index is 2.33. The number of benzene rings is 1. The Labute approximate surface area is 109 Å². The van der Waals surface area contributed by atoms with E-state index in [1.54, 1.807) is 23.6 Å². The average molecular weight is 266 g/mol. The first-order valence-corrected chi connectivity index (χ1v) is 5.83. The quantitative estimate of drug-likeness (QED) is 0.922. The van der Waals surface area contributed by atoms with E-state index in [0.29, 0.717) is 23.2 Å². The summed E-state index contributed by atoms with van der Waals surface area (Å²) in [7, 11) is 0. The van der Waals surface area contributed by atoms with Crippen LogP contribution < -0.4 is 0 Å². The zero-order valence-electron chi connectivity index (χ0n) is 9.80. The molecule has 1 N–H and O–H groups in total. The third-order valence-corrected chi connectivity index (χ3v) is 2.84. The van der Waals surface area contributed by atoms with Crippen LogP contribution in [0, 0.1) is 6.92 Å². The van der Waals surface area contributed by atoms with Crippen LogP contribution in [0.2, 0.25) is 5.02 Å². The van der Waals surface area contributed by atoms with Crippen LogP contribution >= 0.6 is 11.6 Å². The standard InChI is InChI=1S/C12H12ClN3O2/c1-8-14-15-12(16(8)7-6-11(17)18)9-2-4-10(13)5-3-9/h2-5H,6-7H2,1H3,(H,17,18). The van der Waals surface area contributed by atoms with Crippen LogP contribution in [-0.4, -0.2) is 25.8 Å². The van der Waals surface area contributed by atoms with Gasteiger partial charge in [-0.25, -0.2) is 0 Å². The fourth-order valence-electron chi connectivity index (χ4n) is 1.67. The van der Waals surface area contributed by atoms with Gasteiger partial charge in [0.05, 0.1) is 6.42 Å². The molecule has 6 heteroatoms. The summed E-state index contributed by atoms with van der Waals surface area (Å²) in [4.78, 5) is 10.6. The Hall–Kier alpha value is -1.88. The first-order chi connectivity index (χ1) is 8.58. The minimum absolute atomic E-state index is 0.0411. The van der Waals surface area contributed by atoms with Crippen LogP contribution in [0.25, 0.3) is 11.4 Å². The van der Waals surface area contributed by atoms with Gasteiger partial charge in [-0.1, -0.05) is 11.6 Å². The molecular formula is C12H12ClN3O2. The molecule has 0 fully saturated rings. The predicted molar refractivity (Wildman–Crippen MR) is 67.5 cm³/mol. The lowest BCUT2D eigenvalue weighted by atomic mass is 10.2. The van der Waals surface area contributed by atoms with E-state index in [1.165, 1.54) is 0 Å². The van der Waals surface area contributed by atoms with Crippen molar-refractivity contribution in [1.29, 1.82) is 0 Å². The van der Waals surface area contributed by atoms with Crippen molar-refractivity contribution in [1.82, 2.24) is 14.8 Å². The lowest BCUT2D eigenvalue weighted by Crippen LogP contribution is -2.07. The number of hydrogen-bond acceptors (Lipinski definition) is 3. The molecule has 0 atom stereocenters. The number of aromatic nitrogens is 3. The molecule has 5 nitrogen and oxygen atoms in total. The van der Waals surface area contributed by atoms with E-state index in [2.05, 4.69) is 10.2 Å². The number of rotatable bonds is 4. The minimum Gasteiger partial charge on any atom is -0.481 e. The molecule has 0 aliphatic carbocycles. The largest absolute Gasteiger partial charge is 0.481 e. The van der Waals surface area contributed by atoms with Crippen molar-refractivity contribution < 1.29 is 9.90 Å². The normalized spacial score (nSPS) is 10.6. The Morgan fingerprint density at radius 2 is 2.00 bits per heavy atom. The highest BCUT2D eigenvalue weighted by Gasteiger charge is 2.11. The molecule has 0 bridgehead atoms. The number of hydrogen-bond donors (Lipinski definition) is 1. The zero-order valence-corrected chi connectivity index (χ0v) is 10.6. The van der Waals surface area contributed by atoms with E-state index in [1.807, 2.05) is 12.1 Å². The van der Waals surface area contributed by atoms with Crippen molar-refractivity contribution in [3.8, 4) is 11.4 Å². The van der Waals surface area contributed by atoms with Gasteiger partial charge in [0.15, 0.2) is 5.82 Å². The molecule has 2 aromatic rings. The van der Waals surface area contributed by atoms with Crippen molar-refractivity contribution in [3.05, 3.63) is 35.1 Å². The van der Waals surface area contributed by atoms with E-state index < -0.39 is 5.97 Å². The Morgan fingerprint density at radius 1 is 1.33 bits per heavy atom. The maximum atomic E-state index is 10.6. The van der Waals surface area contributed by atoms with Gasteiger partial charge in [-0.05, 0) is 31.2 Å². The molecule has 1 heterocycles. The smallest absolute Gasteiger partial charge is 0.305 e. The van der Waals surface area contributed by atoms with E-state index in [4.69, 9.17) is 16.7 Å². The van der Waals surface area contributed by atoms with E-state index in [-0.39, 0.29) is 6.42 Å². The molecule has 18 heavy (non-hydrogen) atoms. The van der Waals surface area contributed by atoms with Crippen molar-refractivity contribution >= 4 is 17.6 Å². The predicted octanol–water partition coefficient (Wildman–Crippen LogP) is 2.38. The molecule has 1 aromatic heterocycles. The first-order valence-electron chi connectivity index (χ1n) is 5.45. The van der Waals surface area contributed by atoms with Crippen molar-refractivity contribution in [3.63, 3.8) is 0 Å². The van der Waals surface area contributed by atoms with Gasteiger partial charge < -0.3 is 9.67 Å². The monoisotopic (exact) mass is 265 g/mol. The molecule has 0 saturated carbocycles. The second-order valence-corrected chi connectivity index (χ2v) is 4.31. The maximum Gasteiger partial charge on any atom is 0.305 e. The fourth-order valence-corrected chi connectivity index (χ4v) is 1.79. The zero-order chi connectivity index (χ0) is 13.1. The summed E-state index contributed by atoms with van der Waals surface area (Å²) in [6.07, 6.45) is 0.0411. The molecule has 0 unspecified atom stereocenters. The second kappa shape index (κ2) is 5.18. The summed E-state index contributed by atoms with van der Waals surface area (Å²) in [5, 5.41) is 17.4. The van der Waals surface area contributed by atoms with Crippen molar-refractivity contribution in [2.75, 3.05) is 0 Å². The molecule has 0 radical (unpaired) electrons. The number of aryl methyl sites for hydroxylation is 1. The second-order valence-electron chi connectivity index (χ2n) is 3.87. The maximum absolute atomic E-state index is 10.6. The molecule has 0 aliphatic rings. The summed E-state index contributed by atoms with van der Waals surface area (Å²) < 4.78 is 1.79. The molecule has 0 saturated heterocycles. The van der Waals surface area contributed by atoms with Gasteiger partial charge in [0.1, 0.15) is 5.82 Å². The van der Waals surface area contributed by atoms with Gasteiger partial charge in [-0.3, -0.25) is 4.79 Å². The van der Waals surface area contributed by atoms with Gasteiger partial charge in [0, 0.05) is 17.1 Å².